The summed E-state index contributed by atoms with van der Waals surface area (Å²) in [5.74, 6) is -0.0815. The molecule has 0 aliphatic carbocycles. The molecule has 2 atom stereocenters. The summed E-state index contributed by atoms with van der Waals surface area (Å²) in [6, 6.07) is -0.636. The Hall–Kier alpha value is -1.66. The van der Waals surface area contributed by atoms with Crippen LogP contribution in [-0.4, -0.2) is 47.4 Å². The lowest BCUT2D eigenvalue weighted by atomic mass is 10.0. The lowest BCUT2D eigenvalue weighted by Gasteiger charge is -2.20. The average molecular weight is 860 g/mol. The Bertz CT molecular complexity index is 951. The highest BCUT2D eigenvalue weighted by atomic mass is 16.5. The van der Waals surface area contributed by atoms with Crippen molar-refractivity contribution in [2.45, 2.75) is 302 Å². The molecule has 0 aromatic heterocycles. The van der Waals surface area contributed by atoms with Crippen LogP contribution in [0.3, 0.4) is 0 Å². The molecule has 0 radical (unpaired) electrons. The van der Waals surface area contributed by atoms with Gasteiger partial charge in [0.1, 0.15) is 0 Å². The predicted molar refractivity (Wildman–Crippen MR) is 264 cm³/mol. The van der Waals surface area contributed by atoms with Crippen LogP contribution in [0.15, 0.2) is 24.3 Å². The third-order valence-electron chi connectivity index (χ3n) is 12.5. The first-order valence-corrected chi connectivity index (χ1v) is 27.1. The van der Waals surface area contributed by atoms with Crippen molar-refractivity contribution in [1.29, 1.82) is 0 Å². The minimum atomic E-state index is -0.851. The fourth-order valence-corrected chi connectivity index (χ4v) is 8.27. The van der Waals surface area contributed by atoms with E-state index in [1.54, 1.807) is 6.08 Å². The number of allylic oxidation sites excluding steroid dienone is 3. The van der Waals surface area contributed by atoms with Gasteiger partial charge in [0.2, 0.25) is 5.91 Å². The molecule has 360 valence electrons. The van der Waals surface area contributed by atoms with Gasteiger partial charge in [0.15, 0.2) is 0 Å². The molecule has 6 heteroatoms. The van der Waals surface area contributed by atoms with E-state index in [4.69, 9.17) is 4.74 Å². The van der Waals surface area contributed by atoms with E-state index in [0.717, 1.165) is 57.8 Å². The van der Waals surface area contributed by atoms with Gasteiger partial charge in [-0.3, -0.25) is 9.59 Å². The van der Waals surface area contributed by atoms with Crippen molar-refractivity contribution >= 4 is 11.9 Å². The zero-order chi connectivity index (χ0) is 44.4. The lowest BCUT2D eigenvalue weighted by molar-refractivity contribution is -0.143. The number of amides is 1. The second-order valence-electron chi connectivity index (χ2n) is 18.6. The number of aliphatic hydroxyl groups is 2. The number of aliphatic hydroxyl groups excluding tert-OH is 2. The third-order valence-corrected chi connectivity index (χ3v) is 12.5. The first-order valence-electron chi connectivity index (χ1n) is 27.1. The van der Waals surface area contributed by atoms with E-state index in [1.807, 2.05) is 6.08 Å². The standard InChI is InChI=1S/C55H105NO5/c1-3-5-7-9-11-13-15-17-21-24-27-31-35-39-43-47-53(58)52(51-57)56-54(59)48-44-40-36-32-28-25-22-19-18-20-23-26-30-34-38-42-46-50-61-55(60)49-45-41-37-33-29-16-14-12-10-8-6-4-2/h18,20,43,47,52-53,57-58H,3-17,19,21-42,44-46,48-51H2,1-2H3,(H,56,59)/b20-18-,47-43+. The molecule has 0 aliphatic heterocycles. The van der Waals surface area contributed by atoms with Gasteiger partial charge in [0, 0.05) is 12.8 Å². The summed E-state index contributed by atoms with van der Waals surface area (Å²) in [6.07, 6.45) is 60.4. The van der Waals surface area contributed by atoms with Crippen LogP contribution in [0.2, 0.25) is 0 Å². The maximum atomic E-state index is 12.4. The molecule has 0 heterocycles. The minimum Gasteiger partial charge on any atom is -0.466 e. The third kappa shape index (κ3) is 47.7. The molecule has 2 unspecified atom stereocenters. The molecule has 0 rings (SSSR count). The molecular formula is C55H105NO5. The van der Waals surface area contributed by atoms with Gasteiger partial charge in [0.25, 0.3) is 0 Å². The number of nitrogens with one attached hydrogen (secondary N) is 1. The number of carbonyl (C=O) groups excluding carboxylic acids is 2. The highest BCUT2D eigenvalue weighted by Gasteiger charge is 2.18. The van der Waals surface area contributed by atoms with Gasteiger partial charge in [-0.1, -0.05) is 244 Å². The van der Waals surface area contributed by atoms with Gasteiger partial charge in [0.05, 0.1) is 25.4 Å². The van der Waals surface area contributed by atoms with Crippen molar-refractivity contribution in [3.63, 3.8) is 0 Å². The molecular weight excluding hydrogens is 755 g/mol. The molecule has 0 aliphatic rings. The number of rotatable bonds is 50. The number of hydrogen-bond donors (Lipinski definition) is 3. The van der Waals surface area contributed by atoms with Crippen LogP contribution in [0.1, 0.15) is 290 Å². The summed E-state index contributed by atoms with van der Waals surface area (Å²) in [7, 11) is 0. The maximum absolute atomic E-state index is 12.4. The summed E-state index contributed by atoms with van der Waals surface area (Å²) < 4.78 is 5.45. The van der Waals surface area contributed by atoms with Crippen LogP contribution in [0.5, 0.6) is 0 Å². The Morgan fingerprint density at radius 3 is 1.16 bits per heavy atom. The second kappa shape index (κ2) is 51.0. The van der Waals surface area contributed by atoms with Gasteiger partial charge in [-0.25, -0.2) is 0 Å². The largest absolute Gasteiger partial charge is 0.466 e. The molecule has 0 saturated carbocycles. The Labute approximate surface area is 380 Å². The summed E-state index contributed by atoms with van der Waals surface area (Å²) >= 11 is 0. The highest BCUT2D eigenvalue weighted by molar-refractivity contribution is 5.76. The predicted octanol–water partition coefficient (Wildman–Crippen LogP) is 16.3. The van der Waals surface area contributed by atoms with Gasteiger partial charge in [-0.2, -0.15) is 0 Å². The Kier molecular flexibility index (Phi) is 49.6. The van der Waals surface area contributed by atoms with E-state index in [2.05, 4.69) is 31.3 Å². The molecule has 0 aromatic rings. The van der Waals surface area contributed by atoms with E-state index in [0.29, 0.717) is 19.4 Å². The fourth-order valence-electron chi connectivity index (χ4n) is 8.27. The Morgan fingerprint density at radius 1 is 0.443 bits per heavy atom. The normalized spacial score (nSPS) is 12.8. The monoisotopic (exact) mass is 860 g/mol. The molecule has 3 N–H and O–H groups in total. The number of esters is 1. The number of ether oxygens (including phenoxy) is 1. The Balaban J connectivity index is 3.49. The summed E-state index contributed by atoms with van der Waals surface area (Å²) in [6.45, 7) is 4.88. The van der Waals surface area contributed by atoms with E-state index < -0.39 is 12.1 Å². The molecule has 61 heavy (non-hydrogen) atoms. The first-order chi connectivity index (χ1) is 30.0. The van der Waals surface area contributed by atoms with E-state index >= 15 is 0 Å². The van der Waals surface area contributed by atoms with Crippen LogP contribution >= 0.6 is 0 Å². The van der Waals surface area contributed by atoms with Crippen LogP contribution in [0.25, 0.3) is 0 Å². The molecule has 0 spiro atoms. The van der Waals surface area contributed by atoms with Crippen molar-refractivity contribution in [2.75, 3.05) is 13.2 Å². The molecule has 1 amide bonds. The van der Waals surface area contributed by atoms with Crippen molar-refractivity contribution in [1.82, 2.24) is 5.32 Å². The summed E-state index contributed by atoms with van der Waals surface area (Å²) in [5.41, 5.74) is 0. The van der Waals surface area contributed by atoms with Crippen molar-refractivity contribution in [3.05, 3.63) is 24.3 Å². The smallest absolute Gasteiger partial charge is 0.305 e. The molecule has 0 aromatic carbocycles. The zero-order valence-electron chi connectivity index (χ0n) is 40.9. The minimum absolute atomic E-state index is 0.00221. The van der Waals surface area contributed by atoms with E-state index in [-0.39, 0.29) is 18.5 Å². The molecule has 0 bridgehead atoms. The van der Waals surface area contributed by atoms with Crippen LogP contribution in [-0.2, 0) is 14.3 Å². The number of carbonyl (C=O) groups is 2. The SMILES string of the molecule is CCCCCCCCCCCCCCC/C=C/C(O)C(CO)NC(=O)CCCCCCCCC/C=C\CCCCCCCCOC(=O)CCCCCCCCCCCCCC. The summed E-state index contributed by atoms with van der Waals surface area (Å²) in [5, 5.41) is 23.1. The van der Waals surface area contributed by atoms with Gasteiger partial charge in [-0.15, -0.1) is 0 Å². The van der Waals surface area contributed by atoms with Crippen LogP contribution in [0.4, 0.5) is 0 Å². The number of unbranched alkanes of at least 4 members (excludes halogenated alkanes) is 37. The Morgan fingerprint density at radius 2 is 0.770 bits per heavy atom. The van der Waals surface area contributed by atoms with Gasteiger partial charge in [-0.05, 0) is 57.8 Å². The van der Waals surface area contributed by atoms with Crippen molar-refractivity contribution in [2.24, 2.45) is 0 Å². The molecule has 0 fully saturated rings. The summed E-state index contributed by atoms with van der Waals surface area (Å²) in [4.78, 5) is 24.4. The topological polar surface area (TPSA) is 95.9 Å². The fraction of sp³-hybridized carbons (Fsp3) is 0.891. The first kappa shape index (κ1) is 59.3. The average Bonchev–Trinajstić information content (AvgIpc) is 3.26. The van der Waals surface area contributed by atoms with Crippen molar-refractivity contribution in [3.8, 4) is 0 Å². The quantitative estimate of drug-likeness (QED) is 0.0322. The van der Waals surface area contributed by atoms with Gasteiger partial charge >= 0.3 is 5.97 Å². The van der Waals surface area contributed by atoms with E-state index in [1.165, 1.54) is 205 Å². The van der Waals surface area contributed by atoms with E-state index in [9.17, 15) is 19.8 Å². The number of hydrogen-bond acceptors (Lipinski definition) is 5. The molecule has 6 nitrogen and oxygen atoms in total. The highest BCUT2D eigenvalue weighted by Crippen LogP contribution is 2.16. The lowest BCUT2D eigenvalue weighted by Crippen LogP contribution is -2.45. The van der Waals surface area contributed by atoms with Crippen LogP contribution < -0.4 is 5.32 Å². The zero-order valence-corrected chi connectivity index (χ0v) is 40.9. The second-order valence-corrected chi connectivity index (χ2v) is 18.6. The maximum Gasteiger partial charge on any atom is 0.305 e. The van der Waals surface area contributed by atoms with Crippen molar-refractivity contribution < 1.29 is 24.5 Å². The molecule has 0 saturated heterocycles. The van der Waals surface area contributed by atoms with Gasteiger partial charge < -0.3 is 20.3 Å². The van der Waals surface area contributed by atoms with Crippen LogP contribution in [0, 0.1) is 0 Å².